The molecule has 0 aliphatic carbocycles. The van der Waals surface area contributed by atoms with Gasteiger partial charge in [0.15, 0.2) is 0 Å². The Kier molecular flexibility index (Phi) is 21.3. The van der Waals surface area contributed by atoms with Gasteiger partial charge in [0.2, 0.25) is 0 Å². The van der Waals surface area contributed by atoms with Crippen LogP contribution in [0.5, 0.6) is 0 Å². The quantitative estimate of drug-likeness (QED) is 0.484. The van der Waals surface area contributed by atoms with E-state index in [1.54, 1.807) is 0 Å². The first-order valence-corrected chi connectivity index (χ1v) is 17.0. The molecular weight excluding hydrogens is 564 g/mol. The van der Waals surface area contributed by atoms with Gasteiger partial charge in [-0.05, 0) is 74.7 Å². The van der Waals surface area contributed by atoms with Crippen LogP contribution in [0.25, 0.3) is 0 Å². The maximum absolute atomic E-state index is 4.32. The van der Waals surface area contributed by atoms with Gasteiger partial charge in [0.1, 0.15) is 0 Å². The molecule has 0 atom stereocenters. The van der Waals surface area contributed by atoms with Crippen LogP contribution in [0.2, 0.25) is 0 Å². The Morgan fingerprint density at radius 2 is 0.911 bits per heavy atom. The lowest BCUT2D eigenvalue weighted by Gasteiger charge is -2.25. The molecule has 258 valence electrons. The van der Waals surface area contributed by atoms with Gasteiger partial charge in [-0.1, -0.05) is 0 Å². The number of nitrogens with one attached hydrogen (secondary N) is 2. The first-order valence-electron chi connectivity index (χ1n) is 17.0. The van der Waals surface area contributed by atoms with Crippen LogP contribution in [0.4, 0.5) is 0 Å². The summed E-state index contributed by atoms with van der Waals surface area (Å²) in [5.74, 6) is 6.92. The van der Waals surface area contributed by atoms with Gasteiger partial charge in [0, 0.05) is 86.1 Å². The summed E-state index contributed by atoms with van der Waals surface area (Å²) >= 11 is 0. The molecule has 2 N–H and O–H groups in total. The Balaban J connectivity index is 0.000000271. The number of hydrogen-bond acceptors (Lipinski definition) is 12. The van der Waals surface area contributed by atoms with E-state index in [-0.39, 0.29) is 0 Å². The Labute approximate surface area is 275 Å². The van der Waals surface area contributed by atoms with Crippen molar-refractivity contribution in [2.24, 2.45) is 30.0 Å². The van der Waals surface area contributed by atoms with Gasteiger partial charge in [0.25, 0.3) is 0 Å². The molecule has 0 bridgehead atoms. The van der Waals surface area contributed by atoms with E-state index >= 15 is 0 Å². The Morgan fingerprint density at radius 3 is 1.16 bits per heavy atom. The van der Waals surface area contributed by atoms with E-state index in [1.807, 2.05) is 20.8 Å². The zero-order chi connectivity index (χ0) is 33.5. The van der Waals surface area contributed by atoms with Crippen molar-refractivity contribution in [2.45, 2.75) is 74.7 Å². The van der Waals surface area contributed by atoms with Crippen molar-refractivity contribution in [3.05, 3.63) is 0 Å². The molecule has 0 spiro atoms. The van der Waals surface area contributed by atoms with Crippen LogP contribution in [0.3, 0.4) is 0 Å². The SMILES string of the molecule is CC1=NCCCN1.CC1=NCCCN1C.CC1=NCCN1.CC1=NCCN1C.CCN1CCCN=C1C.CCN1CCN=C1C. The highest BCUT2D eigenvalue weighted by atomic mass is 15.2. The van der Waals surface area contributed by atoms with Crippen molar-refractivity contribution in [3.63, 3.8) is 0 Å². The molecule has 6 heterocycles. The minimum Gasteiger partial charge on any atom is -0.374 e. The third kappa shape index (κ3) is 18.4. The number of rotatable bonds is 2. The van der Waals surface area contributed by atoms with Crippen molar-refractivity contribution in [3.8, 4) is 0 Å². The van der Waals surface area contributed by atoms with E-state index < -0.39 is 0 Å². The van der Waals surface area contributed by atoms with Gasteiger partial charge in [-0.15, -0.1) is 0 Å². The second-order valence-electron chi connectivity index (χ2n) is 11.6. The zero-order valence-electron chi connectivity index (χ0n) is 30.5. The van der Waals surface area contributed by atoms with Gasteiger partial charge >= 0.3 is 0 Å². The Morgan fingerprint density at radius 1 is 0.467 bits per heavy atom. The van der Waals surface area contributed by atoms with Gasteiger partial charge in [-0.2, -0.15) is 0 Å². The molecule has 12 heteroatoms. The van der Waals surface area contributed by atoms with Crippen LogP contribution >= 0.6 is 0 Å². The van der Waals surface area contributed by atoms with E-state index in [0.29, 0.717) is 0 Å². The molecule has 0 saturated carbocycles. The third-order valence-electron chi connectivity index (χ3n) is 8.10. The average molecular weight is 631 g/mol. The normalized spacial score (nSPS) is 20.0. The Bertz CT molecular complexity index is 998. The zero-order valence-corrected chi connectivity index (χ0v) is 30.5. The fourth-order valence-electron chi connectivity index (χ4n) is 4.78. The highest BCUT2D eigenvalue weighted by molar-refractivity contribution is 5.82. The molecule has 6 rings (SSSR count). The molecule has 0 amide bonds. The van der Waals surface area contributed by atoms with E-state index in [2.05, 4.69) is 109 Å². The van der Waals surface area contributed by atoms with Crippen molar-refractivity contribution < 1.29 is 0 Å². The van der Waals surface area contributed by atoms with Crippen LogP contribution in [0, 0.1) is 0 Å². The molecule has 0 unspecified atom stereocenters. The molecule has 12 nitrogen and oxygen atoms in total. The average Bonchev–Trinajstić information content (AvgIpc) is 3.80. The highest BCUT2D eigenvalue weighted by Crippen LogP contribution is 2.01. The predicted octanol–water partition coefficient (Wildman–Crippen LogP) is 3.37. The summed E-state index contributed by atoms with van der Waals surface area (Å²) in [6.45, 7) is 31.5. The lowest BCUT2D eigenvalue weighted by molar-refractivity contribution is 0.411. The number of amidine groups is 6. The molecule has 0 aromatic rings. The summed E-state index contributed by atoms with van der Waals surface area (Å²) in [4.78, 5) is 34.1. The van der Waals surface area contributed by atoms with E-state index in [9.17, 15) is 0 Å². The van der Waals surface area contributed by atoms with Crippen molar-refractivity contribution >= 4 is 35.0 Å². The second-order valence-corrected chi connectivity index (χ2v) is 11.6. The summed E-state index contributed by atoms with van der Waals surface area (Å²) in [6, 6.07) is 0. The van der Waals surface area contributed by atoms with Gasteiger partial charge < -0.3 is 30.2 Å². The molecule has 0 aromatic carbocycles. The fourth-order valence-corrected chi connectivity index (χ4v) is 4.78. The molecule has 0 saturated heterocycles. The largest absolute Gasteiger partial charge is 0.374 e. The second kappa shape index (κ2) is 24.1. The minimum atomic E-state index is 0.964. The molecule has 0 radical (unpaired) electrons. The van der Waals surface area contributed by atoms with Crippen molar-refractivity contribution in [2.75, 3.05) is 106 Å². The fraction of sp³-hybridized carbons (Fsp3) is 0.818. The highest BCUT2D eigenvalue weighted by Gasteiger charge is 2.08. The molecule has 6 aliphatic rings. The van der Waals surface area contributed by atoms with Crippen molar-refractivity contribution in [1.29, 1.82) is 0 Å². The van der Waals surface area contributed by atoms with Crippen LogP contribution in [0.1, 0.15) is 74.7 Å². The number of hydrogen-bond donors (Lipinski definition) is 2. The molecular formula is C33H66N12. The topological polar surface area (TPSA) is 111 Å². The monoisotopic (exact) mass is 631 g/mol. The van der Waals surface area contributed by atoms with Gasteiger partial charge in [-0.3, -0.25) is 30.0 Å². The van der Waals surface area contributed by atoms with Crippen molar-refractivity contribution in [1.82, 2.24) is 30.2 Å². The lowest BCUT2D eigenvalue weighted by atomic mass is 10.3. The van der Waals surface area contributed by atoms with Gasteiger partial charge in [-0.25, -0.2) is 0 Å². The number of aliphatic imine (C=N–C) groups is 6. The minimum absolute atomic E-state index is 0.964. The van der Waals surface area contributed by atoms with E-state index in [4.69, 9.17) is 0 Å². The summed E-state index contributed by atoms with van der Waals surface area (Å²) in [6.07, 6.45) is 3.64. The molecule has 45 heavy (non-hydrogen) atoms. The maximum Gasteiger partial charge on any atom is 0.0958 e. The molecule has 0 aromatic heterocycles. The smallest absolute Gasteiger partial charge is 0.0958 e. The van der Waals surface area contributed by atoms with Crippen LogP contribution < -0.4 is 10.6 Å². The molecule has 0 fully saturated rings. The maximum atomic E-state index is 4.32. The summed E-state index contributed by atoms with van der Waals surface area (Å²) < 4.78 is 0. The third-order valence-corrected chi connectivity index (χ3v) is 8.10. The predicted molar refractivity (Wildman–Crippen MR) is 197 cm³/mol. The van der Waals surface area contributed by atoms with E-state index in [0.717, 1.165) is 90.2 Å². The number of nitrogens with zero attached hydrogens (tertiary/aromatic N) is 10. The lowest BCUT2D eigenvalue weighted by Crippen LogP contribution is -2.33. The Hall–Kier alpha value is -3.18. The van der Waals surface area contributed by atoms with Gasteiger partial charge in [0.05, 0.1) is 54.6 Å². The summed E-state index contributed by atoms with van der Waals surface area (Å²) in [5, 5.41) is 6.20. The van der Waals surface area contributed by atoms with Crippen LogP contribution in [0.15, 0.2) is 30.0 Å². The molecule has 6 aliphatic heterocycles. The first-order chi connectivity index (χ1) is 21.6. The van der Waals surface area contributed by atoms with Crippen LogP contribution in [-0.2, 0) is 0 Å². The van der Waals surface area contributed by atoms with E-state index in [1.165, 1.54) is 55.7 Å². The van der Waals surface area contributed by atoms with Crippen LogP contribution in [-0.4, -0.2) is 160 Å². The summed E-state index contributed by atoms with van der Waals surface area (Å²) in [7, 11) is 4.14. The first kappa shape index (κ1) is 39.8. The summed E-state index contributed by atoms with van der Waals surface area (Å²) in [5.41, 5.74) is 0. The standard InChI is InChI=1S/C7H14N2.2C6H12N2.2C5H10N2.C4H8N2/c1-3-9-6-4-5-8-7(9)2;1-6-7-4-3-5-8(6)2;1-3-8-5-4-7-6(8)2;1-5-6-3-4-7(5)2;1-5-6-3-2-4-7-5;1-4-5-2-3-6-4/h3-6H2,1-2H3;2*3-5H2,1-2H3;3-4H2,1-2H3;2-4H2,1H3,(H,6,7);2-3H2,1H3,(H,5,6). The number of likely N-dealkylation sites (N-methyl/N-ethyl adjacent to an activating group) is 2.